The van der Waals surface area contributed by atoms with Crippen molar-refractivity contribution in [3.63, 3.8) is 0 Å². The van der Waals surface area contributed by atoms with E-state index in [1.165, 1.54) is 0 Å². The summed E-state index contributed by atoms with van der Waals surface area (Å²) in [7, 11) is 0. The van der Waals surface area contributed by atoms with Crippen LogP contribution in [0.3, 0.4) is 0 Å². The first kappa shape index (κ1) is 8.98. The molecule has 0 radical (unpaired) electrons. The number of nitrogen functional groups attached to an aromatic ring is 1. The summed E-state index contributed by atoms with van der Waals surface area (Å²) in [6.45, 7) is 0. The Hall–Kier alpha value is 0.890. The first-order valence-electron chi connectivity index (χ1n) is 2.38. The lowest BCUT2D eigenvalue weighted by Gasteiger charge is -1.99. The van der Waals surface area contributed by atoms with Crippen LogP contribution in [0, 0.1) is 7.40 Å². The van der Waals surface area contributed by atoms with Gasteiger partial charge in [-0.1, -0.05) is 0 Å². The van der Waals surface area contributed by atoms with Gasteiger partial charge in [-0.05, 0) is 67.2 Å². The molecule has 10 heavy (non-hydrogen) atoms. The van der Waals surface area contributed by atoms with Crippen LogP contribution in [0.25, 0.3) is 0 Å². The van der Waals surface area contributed by atoms with Gasteiger partial charge in [0.05, 0.1) is 10.2 Å². The van der Waals surface area contributed by atoms with E-state index in [2.05, 4.69) is 66.1 Å². The smallest absolute Gasteiger partial charge is 0.125 e. The summed E-state index contributed by atoms with van der Waals surface area (Å²) < 4.78 is 2.74. The Morgan fingerprint density at radius 1 is 1.40 bits per heavy atom. The van der Waals surface area contributed by atoms with Gasteiger partial charge < -0.3 is 5.73 Å². The van der Waals surface area contributed by atoms with Crippen LogP contribution in [0.2, 0.25) is 0 Å². The number of hydrogen-bond acceptors (Lipinski definition) is 2. The second-order valence-electron chi connectivity index (χ2n) is 1.64. The van der Waals surface area contributed by atoms with E-state index in [4.69, 9.17) is 5.73 Å². The summed E-state index contributed by atoms with van der Waals surface area (Å²) in [5.74, 6) is 0. The maximum absolute atomic E-state index is 5.59. The monoisotopic (exact) mass is 424 g/mol. The predicted octanol–water partition coefficient (Wildman–Crippen LogP) is 2.64. The molecule has 1 heterocycles. The molecule has 2 nitrogen and oxygen atoms in total. The molecule has 0 aliphatic rings. The minimum Gasteiger partial charge on any atom is -0.397 e. The largest absolute Gasteiger partial charge is 0.397 e. The van der Waals surface area contributed by atoms with E-state index in [0.717, 1.165) is 11.9 Å². The van der Waals surface area contributed by atoms with Gasteiger partial charge in [0.1, 0.15) is 7.40 Å². The second kappa shape index (κ2) is 3.53. The van der Waals surface area contributed by atoms with Gasteiger partial charge in [0, 0.05) is 0 Å². The molecule has 0 bridgehead atoms. The number of halogens is 3. The Labute approximate surface area is 94.4 Å². The Balaban J connectivity index is 3.28. The quantitative estimate of drug-likeness (QED) is 0.514. The van der Waals surface area contributed by atoms with Crippen LogP contribution >= 0.6 is 61.1 Å². The lowest BCUT2D eigenvalue weighted by molar-refractivity contribution is 1.21. The van der Waals surface area contributed by atoms with Crippen molar-refractivity contribution in [2.75, 3.05) is 5.73 Å². The third kappa shape index (κ3) is 1.94. The molecule has 0 aliphatic carbocycles. The van der Waals surface area contributed by atoms with E-state index in [1.807, 2.05) is 6.07 Å². The first-order valence-corrected chi connectivity index (χ1v) is 5.33. The maximum atomic E-state index is 5.59. The number of anilines is 1. The van der Waals surface area contributed by atoms with Gasteiger partial charge in [0.25, 0.3) is 0 Å². The molecular formula is C5H3BrI2N2. The zero-order valence-corrected chi connectivity index (χ0v) is 10.6. The number of hydrogen-bond donors (Lipinski definition) is 1. The third-order valence-electron chi connectivity index (χ3n) is 0.914. The van der Waals surface area contributed by atoms with E-state index >= 15 is 0 Å². The number of nitrogens with two attached hydrogens (primary N) is 1. The van der Waals surface area contributed by atoms with Gasteiger partial charge in [-0.2, -0.15) is 0 Å². The average Bonchev–Trinajstić information content (AvgIpc) is 1.84. The van der Waals surface area contributed by atoms with Crippen molar-refractivity contribution in [2.45, 2.75) is 0 Å². The summed E-state index contributed by atoms with van der Waals surface area (Å²) in [6.07, 6.45) is 0. The maximum Gasteiger partial charge on any atom is 0.125 e. The number of aromatic nitrogens is 1. The number of nitrogens with zero attached hydrogens (tertiary/aromatic N) is 1. The Morgan fingerprint density at radius 2 is 2.00 bits per heavy atom. The van der Waals surface area contributed by atoms with Crippen molar-refractivity contribution in [1.29, 1.82) is 0 Å². The van der Waals surface area contributed by atoms with Crippen LogP contribution in [0.4, 0.5) is 5.69 Å². The molecule has 0 spiro atoms. The van der Waals surface area contributed by atoms with Crippen molar-refractivity contribution >= 4 is 66.8 Å². The van der Waals surface area contributed by atoms with E-state index in [0.29, 0.717) is 5.69 Å². The van der Waals surface area contributed by atoms with Crippen molar-refractivity contribution in [3.8, 4) is 0 Å². The highest BCUT2D eigenvalue weighted by atomic mass is 127. The highest BCUT2D eigenvalue weighted by molar-refractivity contribution is 14.1. The average molecular weight is 425 g/mol. The van der Waals surface area contributed by atoms with Crippen molar-refractivity contribution in [3.05, 3.63) is 17.9 Å². The normalized spacial score (nSPS) is 9.90. The molecular weight excluding hydrogens is 422 g/mol. The Morgan fingerprint density at radius 3 is 2.50 bits per heavy atom. The van der Waals surface area contributed by atoms with Crippen LogP contribution in [-0.4, -0.2) is 4.98 Å². The summed E-state index contributed by atoms with van der Waals surface area (Å²) >= 11 is 7.58. The fourth-order valence-electron chi connectivity index (χ4n) is 0.460. The molecule has 1 aromatic rings. The van der Waals surface area contributed by atoms with Crippen LogP contribution in [0.5, 0.6) is 0 Å². The highest BCUT2D eigenvalue weighted by Crippen LogP contribution is 2.22. The summed E-state index contributed by atoms with van der Waals surface area (Å²) in [5, 5.41) is 0. The standard InChI is InChI=1S/C5H3BrI2N2/c6-2-1-3(9)5(8)10-4(2)7/h1H,9H2. The Bertz CT molecular complexity index is 214. The van der Waals surface area contributed by atoms with Crippen molar-refractivity contribution in [1.82, 2.24) is 4.98 Å². The summed E-state index contributed by atoms with van der Waals surface area (Å²) in [6, 6.07) is 1.86. The summed E-state index contributed by atoms with van der Waals surface area (Å²) in [4.78, 5) is 4.17. The zero-order chi connectivity index (χ0) is 7.72. The predicted molar refractivity (Wildman–Crippen MR) is 61.8 cm³/mol. The van der Waals surface area contributed by atoms with E-state index < -0.39 is 0 Å². The zero-order valence-electron chi connectivity index (χ0n) is 4.74. The SMILES string of the molecule is Nc1cc(Br)c(I)nc1I. The summed E-state index contributed by atoms with van der Waals surface area (Å²) in [5.41, 5.74) is 6.30. The number of pyridine rings is 1. The fourth-order valence-corrected chi connectivity index (χ4v) is 2.05. The highest BCUT2D eigenvalue weighted by Gasteiger charge is 2.01. The molecule has 5 heteroatoms. The lowest BCUT2D eigenvalue weighted by atomic mass is 10.4. The molecule has 0 unspecified atom stereocenters. The van der Waals surface area contributed by atoms with E-state index in [9.17, 15) is 0 Å². The molecule has 0 saturated heterocycles. The van der Waals surface area contributed by atoms with Gasteiger partial charge in [-0.25, -0.2) is 4.98 Å². The van der Waals surface area contributed by atoms with E-state index in [-0.39, 0.29) is 0 Å². The van der Waals surface area contributed by atoms with Crippen LogP contribution in [0.1, 0.15) is 0 Å². The topological polar surface area (TPSA) is 38.9 Å². The van der Waals surface area contributed by atoms with Crippen molar-refractivity contribution < 1.29 is 0 Å². The Kier molecular flexibility index (Phi) is 3.17. The first-order chi connectivity index (χ1) is 4.61. The van der Waals surface area contributed by atoms with Gasteiger partial charge in [0.15, 0.2) is 0 Å². The third-order valence-corrected chi connectivity index (χ3v) is 3.95. The number of rotatable bonds is 0. The van der Waals surface area contributed by atoms with Gasteiger partial charge in [0.2, 0.25) is 0 Å². The fraction of sp³-hybridized carbons (Fsp3) is 0. The molecule has 0 aliphatic heterocycles. The molecule has 2 N–H and O–H groups in total. The molecule has 0 fully saturated rings. The van der Waals surface area contributed by atoms with Gasteiger partial charge in [-0.15, -0.1) is 0 Å². The molecule has 54 valence electrons. The van der Waals surface area contributed by atoms with E-state index in [1.54, 1.807) is 0 Å². The minimum atomic E-state index is 0.716. The van der Waals surface area contributed by atoms with Crippen LogP contribution in [-0.2, 0) is 0 Å². The molecule has 0 atom stereocenters. The van der Waals surface area contributed by atoms with Crippen LogP contribution in [0.15, 0.2) is 10.5 Å². The van der Waals surface area contributed by atoms with Gasteiger partial charge >= 0.3 is 0 Å². The molecule has 0 saturated carbocycles. The second-order valence-corrected chi connectivity index (χ2v) is 4.54. The molecule has 0 amide bonds. The molecule has 1 aromatic heterocycles. The van der Waals surface area contributed by atoms with Crippen LogP contribution < -0.4 is 5.73 Å². The molecule has 0 aromatic carbocycles. The van der Waals surface area contributed by atoms with Crippen molar-refractivity contribution in [2.24, 2.45) is 0 Å². The lowest BCUT2D eigenvalue weighted by Crippen LogP contribution is -1.94. The molecule has 1 rings (SSSR count). The minimum absolute atomic E-state index is 0.716. The van der Waals surface area contributed by atoms with Gasteiger partial charge in [-0.3, -0.25) is 0 Å².